The van der Waals surface area contributed by atoms with E-state index in [4.69, 9.17) is 9.47 Å². The zero-order valence-corrected chi connectivity index (χ0v) is 15.6. The lowest BCUT2D eigenvalue weighted by atomic mass is 10.1. The lowest BCUT2D eigenvalue weighted by Crippen LogP contribution is -2.32. The van der Waals surface area contributed by atoms with Crippen molar-refractivity contribution < 1.29 is 14.3 Å². The second-order valence-electron chi connectivity index (χ2n) is 6.44. The number of anilines is 1. The first-order valence-electron chi connectivity index (χ1n) is 8.70. The second kappa shape index (κ2) is 8.56. The number of hydrogen-bond acceptors (Lipinski definition) is 3. The normalized spacial score (nSPS) is 11.9. The largest absolute Gasteiger partial charge is 0.491 e. The maximum absolute atomic E-state index is 12.6. The third kappa shape index (κ3) is 5.52. The highest BCUT2D eigenvalue weighted by molar-refractivity contribution is 5.94. The molecule has 0 aliphatic rings. The average molecular weight is 341 g/mol. The number of nitrogens with one attached hydrogen (secondary N) is 1. The molecule has 0 saturated carbocycles. The molecule has 2 rings (SSSR count). The first-order chi connectivity index (χ1) is 11.9. The van der Waals surface area contributed by atoms with Crippen LogP contribution < -0.4 is 14.8 Å². The molecule has 25 heavy (non-hydrogen) atoms. The van der Waals surface area contributed by atoms with Crippen LogP contribution in [-0.2, 0) is 4.79 Å². The quantitative estimate of drug-likeness (QED) is 0.780. The summed E-state index contributed by atoms with van der Waals surface area (Å²) in [5, 5.41) is 2.91. The second-order valence-corrected chi connectivity index (χ2v) is 6.44. The first-order valence-corrected chi connectivity index (χ1v) is 8.70. The van der Waals surface area contributed by atoms with Crippen LogP contribution in [0.15, 0.2) is 42.5 Å². The molecule has 0 unspecified atom stereocenters. The minimum Gasteiger partial charge on any atom is -0.491 e. The Morgan fingerprint density at radius 2 is 1.72 bits per heavy atom. The van der Waals surface area contributed by atoms with Crippen LogP contribution in [0.2, 0.25) is 0 Å². The van der Waals surface area contributed by atoms with Gasteiger partial charge in [0.25, 0.3) is 5.91 Å². The lowest BCUT2D eigenvalue weighted by Gasteiger charge is -2.18. The maximum Gasteiger partial charge on any atom is 0.265 e. The molecule has 0 radical (unpaired) electrons. The number of amides is 1. The number of carbonyl (C=O) groups is 1. The van der Waals surface area contributed by atoms with Crippen molar-refractivity contribution in [3.05, 3.63) is 53.6 Å². The van der Waals surface area contributed by atoms with Crippen LogP contribution >= 0.6 is 0 Å². The number of aryl methyl sites for hydroxylation is 2. The summed E-state index contributed by atoms with van der Waals surface area (Å²) >= 11 is 0. The molecule has 4 nitrogen and oxygen atoms in total. The molecule has 0 aliphatic carbocycles. The third-order valence-electron chi connectivity index (χ3n) is 3.89. The van der Waals surface area contributed by atoms with Gasteiger partial charge in [-0.2, -0.15) is 0 Å². The van der Waals surface area contributed by atoms with Crippen molar-refractivity contribution in [1.29, 1.82) is 0 Å². The van der Waals surface area contributed by atoms with Gasteiger partial charge in [-0.1, -0.05) is 19.1 Å². The minimum atomic E-state index is -0.545. The molecule has 1 atom stereocenters. The predicted octanol–water partition coefficient (Wildman–Crippen LogP) is 4.89. The Morgan fingerprint density at radius 1 is 1.00 bits per heavy atom. The van der Waals surface area contributed by atoms with E-state index >= 15 is 0 Å². The summed E-state index contributed by atoms with van der Waals surface area (Å²) in [6.45, 7) is 9.95. The van der Waals surface area contributed by atoms with Gasteiger partial charge in [0.05, 0.1) is 6.10 Å². The van der Waals surface area contributed by atoms with Crippen molar-refractivity contribution in [2.45, 2.75) is 53.2 Å². The van der Waals surface area contributed by atoms with E-state index in [1.54, 1.807) is 0 Å². The van der Waals surface area contributed by atoms with Gasteiger partial charge in [0.1, 0.15) is 11.5 Å². The molecule has 0 saturated heterocycles. The van der Waals surface area contributed by atoms with Gasteiger partial charge in [-0.15, -0.1) is 0 Å². The van der Waals surface area contributed by atoms with Crippen LogP contribution in [-0.4, -0.2) is 18.1 Å². The Hall–Kier alpha value is -2.49. The van der Waals surface area contributed by atoms with Crippen molar-refractivity contribution in [2.75, 3.05) is 5.32 Å². The highest BCUT2D eigenvalue weighted by Crippen LogP contribution is 2.21. The van der Waals surface area contributed by atoms with E-state index in [0.717, 1.165) is 11.3 Å². The van der Waals surface area contributed by atoms with E-state index in [9.17, 15) is 4.79 Å². The molecule has 2 aromatic rings. The van der Waals surface area contributed by atoms with E-state index in [1.165, 1.54) is 5.56 Å². The SMILES string of the molecule is CC[C@H](Oc1ccc(C)c(C)c1)C(=O)Nc1cccc(OC(C)C)c1. The van der Waals surface area contributed by atoms with Crippen molar-refractivity contribution in [1.82, 2.24) is 0 Å². The molecule has 0 aliphatic heterocycles. The fraction of sp³-hybridized carbons (Fsp3) is 0.381. The Labute approximate surface area is 150 Å². The smallest absolute Gasteiger partial charge is 0.265 e. The maximum atomic E-state index is 12.6. The lowest BCUT2D eigenvalue weighted by molar-refractivity contribution is -0.122. The minimum absolute atomic E-state index is 0.0856. The van der Waals surface area contributed by atoms with Crippen molar-refractivity contribution >= 4 is 11.6 Å². The van der Waals surface area contributed by atoms with Gasteiger partial charge in [0.2, 0.25) is 0 Å². The summed E-state index contributed by atoms with van der Waals surface area (Å²) in [5.41, 5.74) is 3.04. The standard InChI is InChI=1S/C21H27NO3/c1-6-20(25-19-11-10-15(4)16(5)12-19)21(23)22-17-8-7-9-18(13-17)24-14(2)3/h7-14,20H,6H2,1-5H3,(H,22,23)/t20-/m0/s1. The number of rotatable bonds is 7. The molecule has 0 aromatic heterocycles. The van der Waals surface area contributed by atoms with Crippen molar-refractivity contribution in [2.24, 2.45) is 0 Å². The van der Waals surface area contributed by atoms with Gasteiger partial charge in [-0.3, -0.25) is 4.79 Å². The summed E-state index contributed by atoms with van der Waals surface area (Å²) in [4.78, 5) is 12.6. The van der Waals surface area contributed by atoms with Gasteiger partial charge < -0.3 is 14.8 Å². The predicted molar refractivity (Wildman–Crippen MR) is 101 cm³/mol. The van der Waals surface area contributed by atoms with E-state index < -0.39 is 6.10 Å². The Kier molecular flexibility index (Phi) is 6.45. The van der Waals surface area contributed by atoms with Gasteiger partial charge in [0, 0.05) is 11.8 Å². The topological polar surface area (TPSA) is 47.6 Å². The molecular formula is C21H27NO3. The van der Waals surface area contributed by atoms with Crippen molar-refractivity contribution in [3.8, 4) is 11.5 Å². The van der Waals surface area contributed by atoms with Crippen LogP contribution in [0.1, 0.15) is 38.3 Å². The monoisotopic (exact) mass is 341 g/mol. The first kappa shape index (κ1) is 18.8. The summed E-state index contributed by atoms with van der Waals surface area (Å²) in [6, 6.07) is 13.3. The fourth-order valence-corrected chi connectivity index (χ4v) is 2.42. The molecule has 1 N–H and O–H groups in total. The number of hydrogen-bond donors (Lipinski definition) is 1. The molecule has 4 heteroatoms. The van der Waals surface area contributed by atoms with Crippen LogP contribution in [0.25, 0.3) is 0 Å². The molecule has 2 aromatic carbocycles. The van der Waals surface area contributed by atoms with Crippen LogP contribution in [0.3, 0.4) is 0 Å². The molecule has 1 amide bonds. The van der Waals surface area contributed by atoms with Crippen LogP contribution in [0, 0.1) is 13.8 Å². The summed E-state index contributed by atoms with van der Waals surface area (Å²) in [7, 11) is 0. The zero-order chi connectivity index (χ0) is 18.4. The number of ether oxygens (including phenoxy) is 2. The summed E-state index contributed by atoms with van der Waals surface area (Å²) in [6.07, 6.45) is 0.125. The van der Waals surface area contributed by atoms with E-state index in [1.807, 2.05) is 70.2 Å². The van der Waals surface area contributed by atoms with Gasteiger partial charge in [-0.05, 0) is 69.5 Å². The molecule has 134 valence electrons. The molecular weight excluding hydrogens is 314 g/mol. The third-order valence-corrected chi connectivity index (χ3v) is 3.89. The van der Waals surface area contributed by atoms with Gasteiger partial charge in [-0.25, -0.2) is 0 Å². The van der Waals surface area contributed by atoms with Crippen LogP contribution in [0.4, 0.5) is 5.69 Å². The molecule has 0 heterocycles. The average Bonchev–Trinajstić information content (AvgIpc) is 2.55. The Balaban J connectivity index is 2.05. The zero-order valence-electron chi connectivity index (χ0n) is 15.6. The fourth-order valence-electron chi connectivity index (χ4n) is 2.42. The van der Waals surface area contributed by atoms with Gasteiger partial charge in [0.15, 0.2) is 6.10 Å². The summed E-state index contributed by atoms with van der Waals surface area (Å²) in [5.74, 6) is 1.28. The van der Waals surface area contributed by atoms with E-state index in [0.29, 0.717) is 17.9 Å². The van der Waals surface area contributed by atoms with E-state index in [2.05, 4.69) is 12.2 Å². The molecule has 0 spiro atoms. The molecule has 0 bridgehead atoms. The highest BCUT2D eigenvalue weighted by atomic mass is 16.5. The Morgan fingerprint density at radius 3 is 2.36 bits per heavy atom. The van der Waals surface area contributed by atoms with Gasteiger partial charge >= 0.3 is 0 Å². The number of benzene rings is 2. The highest BCUT2D eigenvalue weighted by Gasteiger charge is 2.19. The van der Waals surface area contributed by atoms with Crippen molar-refractivity contribution in [3.63, 3.8) is 0 Å². The number of carbonyl (C=O) groups excluding carboxylic acids is 1. The summed E-state index contributed by atoms with van der Waals surface area (Å²) < 4.78 is 11.5. The molecule has 0 fully saturated rings. The van der Waals surface area contributed by atoms with E-state index in [-0.39, 0.29) is 12.0 Å². The Bertz CT molecular complexity index is 725. The van der Waals surface area contributed by atoms with Crippen LogP contribution in [0.5, 0.6) is 11.5 Å².